The average Bonchev–Trinajstić information content (AvgIpc) is 2.89. The lowest BCUT2D eigenvalue weighted by molar-refractivity contribution is 0.101. The van der Waals surface area contributed by atoms with Gasteiger partial charge in [0.15, 0.2) is 20.1 Å². The number of thiophene rings is 1. The van der Waals surface area contributed by atoms with Crippen molar-refractivity contribution < 1.29 is 4.79 Å². The van der Waals surface area contributed by atoms with Crippen molar-refractivity contribution in [3.05, 3.63) is 77.9 Å². The summed E-state index contributed by atoms with van der Waals surface area (Å²) in [6, 6.07) is 23.5. The number of hydrogen-bond donors (Lipinski definition) is 0. The Morgan fingerprint density at radius 3 is 2.26 bits per heavy atom. The number of benzene rings is 3. The third-order valence-electron chi connectivity index (χ3n) is 4.26. The van der Waals surface area contributed by atoms with E-state index < -0.39 is 0 Å². The molecule has 0 spiro atoms. The molecule has 3 aromatic carbocycles. The molecular weight excluding hydrogens is 300 g/mol. The maximum atomic E-state index is 11.7. The van der Waals surface area contributed by atoms with Gasteiger partial charge in [-0.3, -0.25) is 4.79 Å². The minimum absolute atomic E-state index is 0.0816. The Labute approximate surface area is 138 Å². The first kappa shape index (κ1) is 14.2. The predicted octanol–water partition coefficient (Wildman–Crippen LogP) is 6.24. The van der Waals surface area contributed by atoms with Gasteiger partial charge < -0.3 is 0 Å². The molecule has 112 valence electrons. The molecule has 0 bridgehead atoms. The van der Waals surface area contributed by atoms with E-state index in [1.165, 1.54) is 30.6 Å². The minimum Gasteiger partial charge on any atom is -0.295 e. The van der Waals surface area contributed by atoms with Crippen LogP contribution in [-0.2, 0) is 0 Å². The summed E-state index contributed by atoms with van der Waals surface area (Å²) >= 11 is 0. The van der Waals surface area contributed by atoms with E-state index in [-0.39, 0.29) is 16.3 Å². The van der Waals surface area contributed by atoms with Gasteiger partial charge in [-0.2, -0.15) is 0 Å². The number of hydrogen-bond acceptors (Lipinski definition) is 1. The molecule has 4 aromatic rings. The normalized spacial score (nSPS) is 12.0. The molecule has 1 aromatic heterocycles. The standard InChI is InChI=1S/C21H17OS/c1-14-7-10-17(11-8-14)23-20-6-4-3-5-18(20)19-13-16(15(2)22)9-12-21(19)23/h3-13H,1-2H3/q+1. The Morgan fingerprint density at radius 1 is 0.826 bits per heavy atom. The van der Waals surface area contributed by atoms with Gasteiger partial charge in [-0.05, 0) is 56.3 Å². The van der Waals surface area contributed by atoms with Gasteiger partial charge >= 0.3 is 0 Å². The number of ketones is 1. The van der Waals surface area contributed by atoms with Crippen molar-refractivity contribution in [1.82, 2.24) is 0 Å². The van der Waals surface area contributed by atoms with Gasteiger partial charge in [-0.15, -0.1) is 0 Å². The molecule has 1 atom stereocenters. The van der Waals surface area contributed by atoms with Crippen molar-refractivity contribution in [1.29, 1.82) is 0 Å². The van der Waals surface area contributed by atoms with Crippen LogP contribution in [0.3, 0.4) is 0 Å². The summed E-state index contributed by atoms with van der Waals surface area (Å²) in [5, 5.41) is 2.46. The highest BCUT2D eigenvalue weighted by Gasteiger charge is 2.23. The lowest BCUT2D eigenvalue weighted by atomic mass is 10.1. The molecule has 1 unspecified atom stereocenters. The Kier molecular flexibility index (Phi) is 3.28. The zero-order valence-electron chi connectivity index (χ0n) is 13.2. The lowest BCUT2D eigenvalue weighted by Crippen LogP contribution is -1.89. The Balaban J connectivity index is 2.13. The van der Waals surface area contributed by atoms with E-state index in [1.54, 1.807) is 6.92 Å². The Bertz CT molecular complexity index is 1040. The first-order valence-electron chi connectivity index (χ1n) is 7.70. The molecule has 1 heterocycles. The molecule has 0 N–H and O–H groups in total. The van der Waals surface area contributed by atoms with Crippen LogP contribution in [0.4, 0.5) is 0 Å². The number of carbonyl (C=O) groups is 1. The monoisotopic (exact) mass is 317 g/mol. The first-order valence-corrected chi connectivity index (χ1v) is 8.93. The van der Waals surface area contributed by atoms with Crippen molar-refractivity contribution in [3.63, 3.8) is 0 Å². The van der Waals surface area contributed by atoms with Crippen molar-refractivity contribution in [2.75, 3.05) is 0 Å². The Morgan fingerprint density at radius 2 is 1.52 bits per heavy atom. The van der Waals surface area contributed by atoms with E-state index in [9.17, 15) is 4.79 Å². The topological polar surface area (TPSA) is 17.1 Å². The molecule has 2 heteroatoms. The van der Waals surface area contributed by atoms with Crippen molar-refractivity contribution in [3.8, 4) is 4.90 Å². The van der Waals surface area contributed by atoms with E-state index >= 15 is 0 Å². The molecule has 0 radical (unpaired) electrons. The second-order valence-corrected chi connectivity index (χ2v) is 7.85. The van der Waals surface area contributed by atoms with E-state index in [2.05, 4.69) is 67.6 Å². The Hall–Kier alpha value is -2.45. The number of Topliss-reactive ketones (excluding diaryl/α,β-unsaturated/α-hetero) is 1. The summed E-state index contributed by atoms with van der Waals surface area (Å²) in [5.74, 6) is 0.118. The second-order valence-electron chi connectivity index (χ2n) is 5.88. The fourth-order valence-corrected chi connectivity index (χ4v) is 5.41. The van der Waals surface area contributed by atoms with Crippen LogP contribution in [-0.4, -0.2) is 5.78 Å². The van der Waals surface area contributed by atoms with Crippen molar-refractivity contribution >= 4 is 36.4 Å². The van der Waals surface area contributed by atoms with Gasteiger partial charge in [0.25, 0.3) is 0 Å². The zero-order chi connectivity index (χ0) is 16.0. The van der Waals surface area contributed by atoms with Gasteiger partial charge in [-0.1, -0.05) is 29.8 Å². The quantitative estimate of drug-likeness (QED) is 0.316. The van der Waals surface area contributed by atoms with E-state index in [0.717, 1.165) is 5.56 Å². The predicted molar refractivity (Wildman–Crippen MR) is 100 cm³/mol. The molecule has 0 saturated heterocycles. The third-order valence-corrected chi connectivity index (χ3v) is 6.60. The van der Waals surface area contributed by atoms with Gasteiger partial charge in [0.2, 0.25) is 0 Å². The lowest BCUT2D eigenvalue weighted by Gasteiger charge is -1.96. The second kappa shape index (κ2) is 5.32. The van der Waals surface area contributed by atoms with Crippen LogP contribution in [0.2, 0.25) is 0 Å². The summed E-state index contributed by atoms with van der Waals surface area (Å²) in [7, 11) is -0.0816. The third kappa shape index (κ3) is 2.27. The highest BCUT2D eigenvalue weighted by atomic mass is 32.2. The van der Waals surface area contributed by atoms with Gasteiger partial charge in [0.05, 0.1) is 0 Å². The molecule has 0 aliphatic carbocycles. The number of carbonyl (C=O) groups excluding carboxylic acids is 1. The highest BCUT2D eigenvalue weighted by Crippen LogP contribution is 2.48. The summed E-state index contributed by atoms with van der Waals surface area (Å²) in [4.78, 5) is 13.1. The SMILES string of the molecule is CC(=O)c1ccc2c(c1)c1ccccc1[s+]2-c1ccc(C)cc1. The summed E-state index contributed by atoms with van der Waals surface area (Å²) < 4.78 is 2.67. The molecule has 0 amide bonds. The number of fused-ring (bicyclic) bond motifs is 3. The van der Waals surface area contributed by atoms with E-state index in [1.807, 2.05) is 6.07 Å². The molecule has 0 aliphatic rings. The van der Waals surface area contributed by atoms with Crippen LogP contribution in [0.25, 0.3) is 25.1 Å². The molecule has 0 saturated carbocycles. The molecule has 0 fully saturated rings. The summed E-state index contributed by atoms with van der Waals surface area (Å²) in [5.41, 5.74) is 2.06. The van der Waals surface area contributed by atoms with Gasteiger partial charge in [-0.25, -0.2) is 0 Å². The molecule has 4 rings (SSSR count). The zero-order valence-corrected chi connectivity index (χ0v) is 14.0. The first-order chi connectivity index (χ1) is 11.1. The van der Waals surface area contributed by atoms with E-state index in [4.69, 9.17) is 0 Å². The van der Waals surface area contributed by atoms with Crippen molar-refractivity contribution in [2.45, 2.75) is 13.8 Å². The van der Waals surface area contributed by atoms with Crippen molar-refractivity contribution in [2.24, 2.45) is 0 Å². The van der Waals surface area contributed by atoms with Crippen LogP contribution in [0.1, 0.15) is 22.8 Å². The fourth-order valence-electron chi connectivity index (χ4n) is 3.05. The molecule has 0 aliphatic heterocycles. The maximum absolute atomic E-state index is 11.7. The smallest absolute Gasteiger partial charge is 0.187 e. The van der Waals surface area contributed by atoms with Crippen LogP contribution in [0, 0.1) is 6.92 Å². The van der Waals surface area contributed by atoms with E-state index in [0.29, 0.717) is 0 Å². The highest BCUT2D eigenvalue weighted by molar-refractivity contribution is 7.50. The van der Waals surface area contributed by atoms with Crippen LogP contribution in [0.5, 0.6) is 0 Å². The number of aryl methyl sites for hydroxylation is 1. The summed E-state index contributed by atoms with van der Waals surface area (Å²) in [6.07, 6.45) is 0. The maximum Gasteiger partial charge on any atom is 0.187 e. The molecule has 1 nitrogen and oxygen atoms in total. The van der Waals surface area contributed by atoms with Crippen LogP contribution in [0.15, 0.2) is 66.7 Å². The largest absolute Gasteiger partial charge is 0.295 e. The van der Waals surface area contributed by atoms with Gasteiger partial charge in [0.1, 0.15) is 0 Å². The average molecular weight is 317 g/mol. The minimum atomic E-state index is -0.0816. The van der Waals surface area contributed by atoms with Gasteiger partial charge in [0, 0.05) is 26.8 Å². The molecular formula is C21H17OS+. The fraction of sp³-hybridized carbons (Fsp3) is 0.0952. The van der Waals surface area contributed by atoms with Crippen LogP contribution >= 0.6 is 10.5 Å². The van der Waals surface area contributed by atoms with Crippen LogP contribution < -0.4 is 0 Å². The summed E-state index contributed by atoms with van der Waals surface area (Å²) in [6.45, 7) is 3.74. The number of rotatable bonds is 2. The molecule has 23 heavy (non-hydrogen) atoms.